The van der Waals surface area contributed by atoms with E-state index in [1.165, 1.54) is 38.5 Å². The second-order valence-corrected chi connectivity index (χ2v) is 5.91. The van der Waals surface area contributed by atoms with Crippen molar-refractivity contribution >= 4 is 0 Å². The molecule has 94 valence electrons. The molecule has 2 aliphatic rings. The van der Waals surface area contributed by atoms with Gasteiger partial charge in [0.1, 0.15) is 0 Å². The third-order valence-electron chi connectivity index (χ3n) is 4.64. The SMILES string of the molecule is CCCC(C)COC1CC(O)C12CCCC2. The van der Waals surface area contributed by atoms with Crippen molar-refractivity contribution in [1.29, 1.82) is 0 Å². The van der Waals surface area contributed by atoms with Crippen LogP contribution in [0.5, 0.6) is 0 Å². The molecular formula is C14H26O2. The highest BCUT2D eigenvalue weighted by molar-refractivity contribution is 5.06. The van der Waals surface area contributed by atoms with Crippen LogP contribution in [-0.2, 0) is 4.74 Å². The summed E-state index contributed by atoms with van der Waals surface area (Å²) in [5.74, 6) is 0.668. The standard InChI is InChI=1S/C14H26O2/c1-3-6-11(2)10-16-13-9-12(15)14(13)7-4-5-8-14/h11-13,15H,3-10H2,1-2H3. The van der Waals surface area contributed by atoms with E-state index in [-0.39, 0.29) is 11.5 Å². The molecule has 16 heavy (non-hydrogen) atoms. The summed E-state index contributed by atoms with van der Waals surface area (Å²) < 4.78 is 6.04. The first-order valence-electron chi connectivity index (χ1n) is 6.98. The minimum atomic E-state index is -0.0820. The Morgan fingerprint density at radius 3 is 2.62 bits per heavy atom. The predicted octanol–water partition coefficient (Wildman–Crippen LogP) is 3.13. The normalized spacial score (nSPS) is 33.9. The van der Waals surface area contributed by atoms with Gasteiger partial charge in [0.05, 0.1) is 12.2 Å². The predicted molar refractivity (Wildman–Crippen MR) is 65.3 cm³/mol. The maximum absolute atomic E-state index is 9.96. The van der Waals surface area contributed by atoms with Crippen LogP contribution in [0.3, 0.4) is 0 Å². The molecule has 0 aliphatic heterocycles. The van der Waals surface area contributed by atoms with Gasteiger partial charge < -0.3 is 9.84 Å². The number of hydrogen-bond acceptors (Lipinski definition) is 2. The first kappa shape index (κ1) is 12.4. The molecule has 2 fully saturated rings. The lowest BCUT2D eigenvalue weighted by atomic mass is 9.62. The van der Waals surface area contributed by atoms with Gasteiger partial charge in [-0.05, 0) is 25.2 Å². The van der Waals surface area contributed by atoms with Crippen molar-refractivity contribution in [2.45, 2.75) is 71.0 Å². The fourth-order valence-electron chi connectivity index (χ4n) is 3.51. The maximum atomic E-state index is 9.96. The van der Waals surface area contributed by atoms with E-state index in [4.69, 9.17) is 4.74 Å². The van der Waals surface area contributed by atoms with Crippen molar-refractivity contribution in [2.24, 2.45) is 11.3 Å². The van der Waals surface area contributed by atoms with E-state index in [1.54, 1.807) is 0 Å². The molecule has 3 atom stereocenters. The second kappa shape index (κ2) is 5.05. The van der Waals surface area contributed by atoms with Crippen LogP contribution in [0.4, 0.5) is 0 Å². The first-order chi connectivity index (χ1) is 7.69. The molecular weight excluding hydrogens is 200 g/mol. The molecule has 1 spiro atoms. The fraction of sp³-hybridized carbons (Fsp3) is 1.00. The summed E-state index contributed by atoms with van der Waals surface area (Å²) in [5, 5.41) is 9.96. The quantitative estimate of drug-likeness (QED) is 0.780. The minimum Gasteiger partial charge on any atom is -0.392 e. The monoisotopic (exact) mass is 226 g/mol. The van der Waals surface area contributed by atoms with E-state index in [0.29, 0.717) is 12.0 Å². The van der Waals surface area contributed by atoms with Gasteiger partial charge in [0.15, 0.2) is 0 Å². The summed E-state index contributed by atoms with van der Waals surface area (Å²) in [6.07, 6.45) is 8.56. The minimum absolute atomic E-state index is 0.0820. The zero-order valence-electron chi connectivity index (χ0n) is 10.7. The van der Waals surface area contributed by atoms with E-state index in [2.05, 4.69) is 13.8 Å². The van der Waals surface area contributed by atoms with Gasteiger partial charge in [0.25, 0.3) is 0 Å². The van der Waals surface area contributed by atoms with E-state index < -0.39 is 0 Å². The molecule has 0 radical (unpaired) electrons. The summed E-state index contributed by atoms with van der Waals surface area (Å²) in [5.41, 5.74) is 0.159. The van der Waals surface area contributed by atoms with Gasteiger partial charge >= 0.3 is 0 Å². The number of aliphatic hydroxyl groups is 1. The number of ether oxygens (including phenoxy) is 1. The highest BCUT2D eigenvalue weighted by Gasteiger charge is 2.56. The smallest absolute Gasteiger partial charge is 0.0681 e. The van der Waals surface area contributed by atoms with Crippen molar-refractivity contribution in [3.8, 4) is 0 Å². The Kier molecular flexibility index (Phi) is 3.91. The van der Waals surface area contributed by atoms with Gasteiger partial charge in [-0.2, -0.15) is 0 Å². The van der Waals surface area contributed by atoms with Crippen LogP contribution < -0.4 is 0 Å². The molecule has 0 aromatic rings. The summed E-state index contributed by atoms with van der Waals surface area (Å²) in [7, 11) is 0. The molecule has 0 saturated heterocycles. The van der Waals surface area contributed by atoms with Crippen molar-refractivity contribution in [1.82, 2.24) is 0 Å². The highest BCUT2D eigenvalue weighted by Crippen LogP contribution is 2.54. The molecule has 0 aromatic heterocycles. The van der Waals surface area contributed by atoms with E-state index in [0.717, 1.165) is 13.0 Å². The lowest BCUT2D eigenvalue weighted by Gasteiger charge is -2.51. The lowest BCUT2D eigenvalue weighted by molar-refractivity contribution is -0.193. The number of hydrogen-bond donors (Lipinski definition) is 1. The Morgan fingerprint density at radius 1 is 1.38 bits per heavy atom. The van der Waals surface area contributed by atoms with Gasteiger partial charge in [0.2, 0.25) is 0 Å². The van der Waals surface area contributed by atoms with E-state index in [9.17, 15) is 5.11 Å². The maximum Gasteiger partial charge on any atom is 0.0681 e. The van der Waals surface area contributed by atoms with Crippen LogP contribution in [-0.4, -0.2) is 23.9 Å². The summed E-state index contributed by atoms with van der Waals surface area (Å²) in [6.45, 7) is 5.37. The average molecular weight is 226 g/mol. The Balaban J connectivity index is 1.78. The van der Waals surface area contributed by atoms with Gasteiger partial charge in [-0.25, -0.2) is 0 Å². The molecule has 0 bridgehead atoms. The molecule has 3 unspecified atom stereocenters. The van der Waals surface area contributed by atoms with Crippen molar-refractivity contribution in [2.75, 3.05) is 6.61 Å². The van der Waals surface area contributed by atoms with E-state index >= 15 is 0 Å². The molecule has 2 heteroatoms. The molecule has 0 heterocycles. The molecule has 1 N–H and O–H groups in total. The van der Waals surface area contributed by atoms with Crippen LogP contribution in [0.2, 0.25) is 0 Å². The molecule has 0 aromatic carbocycles. The third-order valence-corrected chi connectivity index (χ3v) is 4.64. The van der Waals surface area contributed by atoms with Crippen LogP contribution in [0, 0.1) is 11.3 Å². The van der Waals surface area contributed by atoms with Crippen molar-refractivity contribution in [3.63, 3.8) is 0 Å². The fourth-order valence-corrected chi connectivity index (χ4v) is 3.51. The Hall–Kier alpha value is -0.0800. The van der Waals surface area contributed by atoms with Gasteiger partial charge in [0, 0.05) is 18.4 Å². The number of aliphatic hydroxyl groups excluding tert-OH is 1. The molecule has 2 aliphatic carbocycles. The van der Waals surface area contributed by atoms with Gasteiger partial charge in [-0.15, -0.1) is 0 Å². The molecule has 2 nitrogen and oxygen atoms in total. The molecule has 2 rings (SSSR count). The van der Waals surface area contributed by atoms with Crippen LogP contribution in [0.1, 0.15) is 58.8 Å². The summed E-state index contributed by atoms with van der Waals surface area (Å²) in [6, 6.07) is 0. The van der Waals surface area contributed by atoms with Gasteiger partial charge in [-0.1, -0.05) is 33.1 Å². The third kappa shape index (κ3) is 2.14. The Morgan fingerprint density at radius 2 is 2.06 bits per heavy atom. The van der Waals surface area contributed by atoms with Crippen LogP contribution >= 0.6 is 0 Å². The van der Waals surface area contributed by atoms with Crippen molar-refractivity contribution < 1.29 is 9.84 Å². The van der Waals surface area contributed by atoms with Crippen LogP contribution in [0.25, 0.3) is 0 Å². The zero-order valence-corrected chi connectivity index (χ0v) is 10.7. The zero-order chi connectivity index (χ0) is 11.6. The Bertz CT molecular complexity index is 221. The highest BCUT2D eigenvalue weighted by atomic mass is 16.5. The number of rotatable bonds is 5. The topological polar surface area (TPSA) is 29.5 Å². The first-order valence-corrected chi connectivity index (χ1v) is 6.98. The van der Waals surface area contributed by atoms with Gasteiger partial charge in [-0.3, -0.25) is 0 Å². The summed E-state index contributed by atoms with van der Waals surface area (Å²) >= 11 is 0. The lowest BCUT2D eigenvalue weighted by Crippen LogP contribution is -2.56. The second-order valence-electron chi connectivity index (χ2n) is 5.91. The van der Waals surface area contributed by atoms with Crippen LogP contribution in [0.15, 0.2) is 0 Å². The van der Waals surface area contributed by atoms with Crippen molar-refractivity contribution in [3.05, 3.63) is 0 Å². The largest absolute Gasteiger partial charge is 0.392 e. The Labute approximate surface area is 99.4 Å². The molecule has 0 amide bonds. The average Bonchev–Trinajstić information content (AvgIpc) is 2.76. The molecule has 2 saturated carbocycles. The van der Waals surface area contributed by atoms with E-state index in [1.807, 2.05) is 0 Å². The summed E-state index contributed by atoms with van der Waals surface area (Å²) in [4.78, 5) is 0.